The van der Waals surface area contributed by atoms with Gasteiger partial charge in [-0.05, 0) is 17.7 Å². The predicted octanol–water partition coefficient (Wildman–Crippen LogP) is 3.76. The van der Waals surface area contributed by atoms with E-state index in [1.807, 2.05) is 30.3 Å². The monoisotopic (exact) mass is 382 g/mol. The van der Waals surface area contributed by atoms with Crippen LogP contribution in [0.4, 0.5) is 0 Å². The molecule has 0 spiro atoms. The minimum absolute atomic E-state index is 0.228. The molecular formula is C20H18N2O4S. The van der Waals surface area contributed by atoms with Crippen molar-refractivity contribution in [1.29, 1.82) is 0 Å². The summed E-state index contributed by atoms with van der Waals surface area (Å²) in [6.07, 6.45) is -0.228. The summed E-state index contributed by atoms with van der Waals surface area (Å²) in [5.74, 6) is -0.749. The lowest BCUT2D eigenvalue weighted by Gasteiger charge is -2.17. The minimum atomic E-state index is -1.00. The first kappa shape index (κ1) is 18.6. The van der Waals surface area contributed by atoms with E-state index in [4.69, 9.17) is 4.74 Å². The molecule has 0 aliphatic rings. The second-order valence-electron chi connectivity index (χ2n) is 5.80. The molecule has 138 valence electrons. The van der Waals surface area contributed by atoms with Gasteiger partial charge < -0.3 is 15.2 Å². The van der Waals surface area contributed by atoms with Crippen molar-refractivity contribution < 1.29 is 19.4 Å². The maximum absolute atomic E-state index is 12.6. The van der Waals surface area contributed by atoms with Crippen LogP contribution in [-0.2, 0) is 4.79 Å². The molecule has 0 fully saturated rings. The van der Waals surface area contributed by atoms with Gasteiger partial charge in [-0.25, -0.2) is 4.98 Å². The van der Waals surface area contributed by atoms with Crippen molar-refractivity contribution in [2.24, 2.45) is 0 Å². The Hall–Kier alpha value is -3.19. The number of hydrogen-bond acceptors (Lipinski definition) is 5. The molecule has 0 unspecified atom stereocenters. The van der Waals surface area contributed by atoms with Crippen LogP contribution in [0.3, 0.4) is 0 Å². The van der Waals surface area contributed by atoms with Crippen LogP contribution in [0, 0.1) is 0 Å². The summed E-state index contributed by atoms with van der Waals surface area (Å²) in [6.45, 7) is 0. The molecular weight excluding hydrogens is 364 g/mol. The van der Waals surface area contributed by atoms with Crippen molar-refractivity contribution in [2.45, 2.75) is 12.5 Å². The van der Waals surface area contributed by atoms with Crippen molar-refractivity contribution in [1.82, 2.24) is 10.3 Å². The van der Waals surface area contributed by atoms with Crippen LogP contribution in [-0.4, -0.2) is 29.1 Å². The number of ether oxygens (including phenoxy) is 1. The van der Waals surface area contributed by atoms with Crippen LogP contribution >= 0.6 is 11.3 Å². The number of carboxylic acids is 1. The second kappa shape index (κ2) is 8.46. The molecule has 0 saturated heterocycles. The van der Waals surface area contributed by atoms with E-state index >= 15 is 0 Å². The lowest BCUT2D eigenvalue weighted by molar-refractivity contribution is -0.137. The van der Waals surface area contributed by atoms with Gasteiger partial charge in [0.2, 0.25) is 0 Å². The molecule has 3 aromatic rings. The quantitative estimate of drug-likeness (QED) is 0.649. The molecule has 0 radical (unpaired) electrons. The number of carboxylic acid groups (broad SMARTS) is 1. The predicted molar refractivity (Wildman–Crippen MR) is 103 cm³/mol. The van der Waals surface area contributed by atoms with E-state index in [9.17, 15) is 14.7 Å². The number of nitrogens with zero attached hydrogens (tertiary/aromatic N) is 1. The number of benzene rings is 2. The Morgan fingerprint density at radius 1 is 1.15 bits per heavy atom. The van der Waals surface area contributed by atoms with Crippen LogP contribution < -0.4 is 10.1 Å². The number of carbonyl (C=O) groups excluding carboxylic acids is 1. The number of aliphatic carboxylic acids is 1. The maximum Gasteiger partial charge on any atom is 0.305 e. The van der Waals surface area contributed by atoms with E-state index in [1.165, 1.54) is 11.3 Å². The van der Waals surface area contributed by atoms with Crippen LogP contribution in [0.5, 0.6) is 5.75 Å². The molecule has 1 atom stereocenters. The Labute approximate surface area is 160 Å². The Bertz CT molecular complexity index is 923. The van der Waals surface area contributed by atoms with Crippen molar-refractivity contribution in [2.75, 3.05) is 7.11 Å². The molecule has 2 aromatic carbocycles. The van der Waals surface area contributed by atoms with E-state index < -0.39 is 17.9 Å². The largest absolute Gasteiger partial charge is 0.497 e. The number of hydrogen-bond donors (Lipinski definition) is 2. The van der Waals surface area contributed by atoms with Crippen LogP contribution in [0.15, 0.2) is 60.0 Å². The maximum atomic E-state index is 12.6. The standard InChI is InChI=1S/C20H18N2O4S/c1-26-15-9-7-13(8-10-15)16(11-18(23)24)21-19(25)17-12-27-20(22-17)14-5-3-2-4-6-14/h2-10,12,16H,11H2,1H3,(H,21,25)(H,23,24)/t16-/m0/s1. The van der Waals surface area contributed by atoms with Gasteiger partial charge in [-0.15, -0.1) is 11.3 Å². The first-order valence-electron chi connectivity index (χ1n) is 8.24. The minimum Gasteiger partial charge on any atom is -0.497 e. The molecule has 27 heavy (non-hydrogen) atoms. The smallest absolute Gasteiger partial charge is 0.305 e. The summed E-state index contributed by atoms with van der Waals surface area (Å²) in [7, 11) is 1.55. The van der Waals surface area contributed by atoms with Crippen LogP contribution in [0.2, 0.25) is 0 Å². The van der Waals surface area contributed by atoms with Gasteiger partial charge in [0.1, 0.15) is 16.5 Å². The fourth-order valence-electron chi connectivity index (χ4n) is 2.59. The van der Waals surface area contributed by atoms with Gasteiger partial charge >= 0.3 is 5.97 Å². The molecule has 3 rings (SSSR count). The van der Waals surface area contributed by atoms with Gasteiger partial charge in [0.25, 0.3) is 5.91 Å². The average Bonchev–Trinajstić information content (AvgIpc) is 3.18. The third kappa shape index (κ3) is 4.71. The lowest BCUT2D eigenvalue weighted by atomic mass is 10.0. The Balaban J connectivity index is 1.78. The third-order valence-electron chi connectivity index (χ3n) is 3.96. The van der Waals surface area contributed by atoms with Gasteiger partial charge in [-0.3, -0.25) is 9.59 Å². The van der Waals surface area contributed by atoms with Crippen molar-refractivity contribution in [3.63, 3.8) is 0 Å². The van der Waals surface area contributed by atoms with E-state index in [0.29, 0.717) is 11.3 Å². The van der Waals surface area contributed by atoms with Gasteiger partial charge in [0.15, 0.2) is 0 Å². The summed E-state index contributed by atoms with van der Waals surface area (Å²) in [5, 5.41) is 14.4. The number of nitrogens with one attached hydrogen (secondary N) is 1. The Kier molecular flexibility index (Phi) is 5.83. The first-order chi connectivity index (χ1) is 13.1. The second-order valence-corrected chi connectivity index (χ2v) is 6.66. The van der Waals surface area contributed by atoms with E-state index in [-0.39, 0.29) is 12.1 Å². The molecule has 0 aliphatic carbocycles. The highest BCUT2D eigenvalue weighted by Gasteiger charge is 2.21. The fourth-order valence-corrected chi connectivity index (χ4v) is 3.39. The molecule has 1 heterocycles. The van der Waals surface area contributed by atoms with Crippen molar-refractivity contribution >= 4 is 23.2 Å². The van der Waals surface area contributed by atoms with Crippen molar-refractivity contribution in [3.05, 3.63) is 71.2 Å². The van der Waals surface area contributed by atoms with Gasteiger partial charge in [-0.1, -0.05) is 42.5 Å². The third-order valence-corrected chi connectivity index (χ3v) is 4.85. The molecule has 7 heteroatoms. The summed E-state index contributed by atoms with van der Waals surface area (Å²) in [6, 6.07) is 15.8. The first-order valence-corrected chi connectivity index (χ1v) is 9.12. The number of rotatable bonds is 7. The van der Waals surface area contributed by atoms with Gasteiger partial charge in [-0.2, -0.15) is 0 Å². The molecule has 6 nitrogen and oxygen atoms in total. The van der Waals surface area contributed by atoms with E-state index in [2.05, 4.69) is 10.3 Å². The zero-order valence-electron chi connectivity index (χ0n) is 14.6. The van der Waals surface area contributed by atoms with Crippen LogP contribution in [0.25, 0.3) is 10.6 Å². The normalized spacial score (nSPS) is 11.6. The SMILES string of the molecule is COc1ccc([C@H](CC(=O)O)NC(=O)c2csc(-c3ccccc3)n2)cc1. The summed E-state index contributed by atoms with van der Waals surface area (Å²) in [5.41, 5.74) is 1.88. The van der Waals surface area contributed by atoms with Gasteiger partial charge in [0, 0.05) is 10.9 Å². The number of carbonyl (C=O) groups is 2. The molecule has 1 aromatic heterocycles. The molecule has 0 saturated carbocycles. The lowest BCUT2D eigenvalue weighted by Crippen LogP contribution is -2.30. The number of methoxy groups -OCH3 is 1. The Morgan fingerprint density at radius 2 is 1.85 bits per heavy atom. The molecule has 2 N–H and O–H groups in total. The Morgan fingerprint density at radius 3 is 2.48 bits per heavy atom. The molecule has 0 bridgehead atoms. The highest BCUT2D eigenvalue weighted by atomic mass is 32.1. The number of aromatic nitrogens is 1. The topological polar surface area (TPSA) is 88.5 Å². The van der Waals surface area contributed by atoms with Crippen LogP contribution in [0.1, 0.15) is 28.5 Å². The molecule has 1 amide bonds. The van der Waals surface area contributed by atoms with Crippen molar-refractivity contribution in [3.8, 4) is 16.3 Å². The highest BCUT2D eigenvalue weighted by molar-refractivity contribution is 7.13. The zero-order chi connectivity index (χ0) is 19.2. The number of thiazole rings is 1. The van der Waals surface area contributed by atoms with Gasteiger partial charge in [0.05, 0.1) is 19.6 Å². The summed E-state index contributed by atoms with van der Waals surface area (Å²) >= 11 is 1.37. The zero-order valence-corrected chi connectivity index (χ0v) is 15.4. The highest BCUT2D eigenvalue weighted by Crippen LogP contribution is 2.25. The number of amides is 1. The fraction of sp³-hybridized carbons (Fsp3) is 0.150. The van der Waals surface area contributed by atoms with E-state index in [1.54, 1.807) is 36.8 Å². The molecule has 0 aliphatic heterocycles. The van der Waals surface area contributed by atoms with E-state index in [0.717, 1.165) is 10.6 Å². The average molecular weight is 382 g/mol. The summed E-state index contributed by atoms with van der Waals surface area (Å²) in [4.78, 5) is 28.2. The summed E-state index contributed by atoms with van der Waals surface area (Å²) < 4.78 is 5.11.